The van der Waals surface area contributed by atoms with Gasteiger partial charge in [-0.05, 0) is 29.8 Å². The quantitative estimate of drug-likeness (QED) is 0.792. The second-order valence-electron chi connectivity index (χ2n) is 6.15. The molecule has 0 atom stereocenters. The molecule has 0 unspecified atom stereocenters. The van der Waals surface area contributed by atoms with E-state index in [-0.39, 0.29) is 0 Å². The highest BCUT2D eigenvalue weighted by Gasteiger charge is 2.12. The Hall–Kier alpha value is -2.70. The van der Waals surface area contributed by atoms with Crippen LogP contribution in [0.4, 0.5) is 5.82 Å². The van der Waals surface area contributed by atoms with Crippen molar-refractivity contribution in [3.05, 3.63) is 60.6 Å². The zero-order chi connectivity index (χ0) is 17.1. The van der Waals surface area contributed by atoms with Crippen molar-refractivity contribution in [2.24, 2.45) is 0 Å². The Morgan fingerprint density at radius 3 is 2.56 bits per heavy atom. The van der Waals surface area contributed by atoms with E-state index in [1.165, 1.54) is 5.56 Å². The lowest BCUT2D eigenvalue weighted by atomic mass is 10.1. The predicted octanol–water partition coefficient (Wildman–Crippen LogP) is 2.35. The molecule has 2 aromatic heterocycles. The molecule has 128 valence electrons. The number of hydrogen-bond acceptors (Lipinski definition) is 5. The van der Waals surface area contributed by atoms with Gasteiger partial charge in [0, 0.05) is 49.5 Å². The van der Waals surface area contributed by atoms with Crippen LogP contribution in [0.25, 0.3) is 17.1 Å². The number of hydrogen-bond donors (Lipinski definition) is 1. The minimum atomic E-state index is 0.493. The fourth-order valence-electron chi connectivity index (χ4n) is 3.09. The number of morpholine rings is 1. The molecule has 6 nitrogen and oxygen atoms in total. The van der Waals surface area contributed by atoms with Gasteiger partial charge in [0.15, 0.2) is 0 Å². The molecule has 1 fully saturated rings. The van der Waals surface area contributed by atoms with E-state index < -0.39 is 0 Å². The highest BCUT2D eigenvalue weighted by Crippen LogP contribution is 2.22. The molecule has 1 aliphatic rings. The highest BCUT2D eigenvalue weighted by atomic mass is 16.5. The van der Waals surface area contributed by atoms with E-state index in [4.69, 9.17) is 10.5 Å². The summed E-state index contributed by atoms with van der Waals surface area (Å²) in [7, 11) is 0. The third-order valence-corrected chi connectivity index (χ3v) is 4.40. The molecule has 2 N–H and O–H groups in total. The number of rotatable bonds is 4. The van der Waals surface area contributed by atoms with Crippen molar-refractivity contribution >= 4 is 5.82 Å². The highest BCUT2D eigenvalue weighted by molar-refractivity contribution is 5.61. The second kappa shape index (κ2) is 7.04. The zero-order valence-electron chi connectivity index (χ0n) is 14.0. The Bertz CT molecular complexity index is 837. The van der Waals surface area contributed by atoms with Crippen molar-refractivity contribution in [2.45, 2.75) is 6.54 Å². The molecule has 0 radical (unpaired) electrons. The van der Waals surface area contributed by atoms with E-state index in [9.17, 15) is 0 Å². The van der Waals surface area contributed by atoms with E-state index in [1.807, 2.05) is 18.3 Å². The molecule has 0 saturated carbocycles. The maximum atomic E-state index is 5.80. The van der Waals surface area contributed by atoms with E-state index in [1.54, 1.807) is 12.4 Å². The maximum absolute atomic E-state index is 5.80. The van der Waals surface area contributed by atoms with Gasteiger partial charge in [-0.15, -0.1) is 0 Å². The standard InChI is InChI=1S/C19H21N5O/c20-18-13-16(5-6-21-18)19-22-7-8-24(19)17-3-1-15(2-4-17)14-23-9-11-25-12-10-23/h1-8,13H,9-12,14H2,(H2,20,21). The number of pyridine rings is 1. The average molecular weight is 335 g/mol. The maximum Gasteiger partial charge on any atom is 0.144 e. The van der Waals surface area contributed by atoms with E-state index in [0.29, 0.717) is 5.82 Å². The number of anilines is 1. The number of nitrogen functional groups attached to an aromatic ring is 1. The molecule has 3 aromatic rings. The normalized spacial score (nSPS) is 15.4. The Balaban J connectivity index is 1.56. The molecule has 1 saturated heterocycles. The Kier molecular flexibility index (Phi) is 4.45. The molecular weight excluding hydrogens is 314 g/mol. The molecule has 0 bridgehead atoms. The van der Waals surface area contributed by atoms with Crippen LogP contribution in [0.5, 0.6) is 0 Å². The zero-order valence-corrected chi connectivity index (χ0v) is 14.0. The van der Waals surface area contributed by atoms with Crippen molar-refractivity contribution in [1.29, 1.82) is 0 Å². The number of nitrogens with zero attached hydrogens (tertiary/aromatic N) is 4. The Morgan fingerprint density at radius 2 is 1.80 bits per heavy atom. The summed E-state index contributed by atoms with van der Waals surface area (Å²) < 4.78 is 7.47. The van der Waals surface area contributed by atoms with Crippen molar-refractivity contribution in [3.8, 4) is 17.1 Å². The van der Waals surface area contributed by atoms with Gasteiger partial charge in [-0.3, -0.25) is 9.47 Å². The van der Waals surface area contributed by atoms with Gasteiger partial charge in [0.2, 0.25) is 0 Å². The van der Waals surface area contributed by atoms with E-state index in [0.717, 1.165) is 49.9 Å². The molecule has 0 amide bonds. The van der Waals surface area contributed by atoms with Crippen molar-refractivity contribution < 1.29 is 4.74 Å². The average Bonchev–Trinajstić information content (AvgIpc) is 3.13. The minimum absolute atomic E-state index is 0.493. The van der Waals surface area contributed by atoms with Crippen LogP contribution < -0.4 is 5.73 Å². The number of imidazole rings is 1. The monoisotopic (exact) mass is 335 g/mol. The van der Waals surface area contributed by atoms with Gasteiger partial charge in [-0.2, -0.15) is 0 Å². The fraction of sp³-hybridized carbons (Fsp3) is 0.263. The van der Waals surface area contributed by atoms with Crippen LogP contribution in [0.2, 0.25) is 0 Å². The number of aromatic nitrogens is 3. The predicted molar refractivity (Wildman–Crippen MR) is 97.3 cm³/mol. The first kappa shape index (κ1) is 15.8. The van der Waals surface area contributed by atoms with Crippen LogP contribution in [0, 0.1) is 0 Å². The smallest absolute Gasteiger partial charge is 0.144 e. The molecule has 0 aliphatic carbocycles. The molecule has 3 heterocycles. The number of nitrogens with two attached hydrogens (primary N) is 1. The van der Waals surface area contributed by atoms with Gasteiger partial charge >= 0.3 is 0 Å². The first-order chi connectivity index (χ1) is 12.3. The molecule has 1 aromatic carbocycles. The van der Waals surface area contributed by atoms with Gasteiger partial charge in [0.1, 0.15) is 11.6 Å². The molecule has 0 spiro atoms. The fourth-order valence-corrected chi connectivity index (χ4v) is 3.09. The second-order valence-corrected chi connectivity index (χ2v) is 6.15. The first-order valence-electron chi connectivity index (χ1n) is 8.44. The molecule has 4 rings (SSSR count). The summed E-state index contributed by atoms with van der Waals surface area (Å²) in [6, 6.07) is 12.4. The summed E-state index contributed by atoms with van der Waals surface area (Å²) >= 11 is 0. The summed E-state index contributed by atoms with van der Waals surface area (Å²) in [4.78, 5) is 10.9. The van der Waals surface area contributed by atoms with Gasteiger partial charge in [-0.25, -0.2) is 9.97 Å². The lowest BCUT2D eigenvalue weighted by molar-refractivity contribution is 0.0342. The van der Waals surface area contributed by atoms with Crippen molar-refractivity contribution in [3.63, 3.8) is 0 Å². The van der Waals surface area contributed by atoms with Crippen LogP contribution in [-0.2, 0) is 11.3 Å². The summed E-state index contributed by atoms with van der Waals surface area (Å²) in [5, 5.41) is 0. The first-order valence-corrected chi connectivity index (χ1v) is 8.44. The van der Waals surface area contributed by atoms with Gasteiger partial charge < -0.3 is 10.5 Å². The molecule has 25 heavy (non-hydrogen) atoms. The molecular formula is C19H21N5O. The lowest BCUT2D eigenvalue weighted by Crippen LogP contribution is -2.35. The number of ether oxygens (including phenoxy) is 1. The van der Waals surface area contributed by atoms with Gasteiger partial charge in [0.05, 0.1) is 13.2 Å². The van der Waals surface area contributed by atoms with Gasteiger partial charge in [0.25, 0.3) is 0 Å². The van der Waals surface area contributed by atoms with E-state index in [2.05, 4.69) is 43.7 Å². The van der Waals surface area contributed by atoms with Gasteiger partial charge in [-0.1, -0.05) is 12.1 Å². The lowest BCUT2D eigenvalue weighted by Gasteiger charge is -2.26. The van der Waals surface area contributed by atoms with Crippen LogP contribution in [-0.4, -0.2) is 45.7 Å². The van der Waals surface area contributed by atoms with Crippen LogP contribution >= 0.6 is 0 Å². The third-order valence-electron chi connectivity index (χ3n) is 4.40. The topological polar surface area (TPSA) is 69.2 Å². The summed E-state index contributed by atoms with van der Waals surface area (Å²) in [6.07, 6.45) is 5.46. The summed E-state index contributed by atoms with van der Waals surface area (Å²) in [5.41, 5.74) is 9.14. The SMILES string of the molecule is Nc1cc(-c2nccn2-c2ccc(CN3CCOCC3)cc2)ccn1. The van der Waals surface area contributed by atoms with Crippen LogP contribution in [0.1, 0.15) is 5.56 Å². The summed E-state index contributed by atoms with van der Waals surface area (Å²) in [5.74, 6) is 1.35. The van der Waals surface area contributed by atoms with Crippen molar-refractivity contribution in [2.75, 3.05) is 32.0 Å². The molecule has 6 heteroatoms. The van der Waals surface area contributed by atoms with Crippen LogP contribution in [0.15, 0.2) is 55.0 Å². The van der Waals surface area contributed by atoms with Crippen LogP contribution in [0.3, 0.4) is 0 Å². The van der Waals surface area contributed by atoms with Crippen molar-refractivity contribution in [1.82, 2.24) is 19.4 Å². The summed E-state index contributed by atoms with van der Waals surface area (Å²) in [6.45, 7) is 4.60. The third kappa shape index (κ3) is 3.55. The molecule has 1 aliphatic heterocycles. The van der Waals surface area contributed by atoms with E-state index >= 15 is 0 Å². The number of benzene rings is 1. The largest absolute Gasteiger partial charge is 0.384 e. The Labute approximate surface area is 146 Å². The Morgan fingerprint density at radius 1 is 1.00 bits per heavy atom. The minimum Gasteiger partial charge on any atom is -0.384 e.